The van der Waals surface area contributed by atoms with Crippen LogP contribution in [0.2, 0.25) is 0 Å². The van der Waals surface area contributed by atoms with E-state index in [1.54, 1.807) is 24.6 Å². The van der Waals surface area contributed by atoms with Crippen molar-refractivity contribution in [3.63, 3.8) is 0 Å². The molecule has 3 heterocycles. The van der Waals surface area contributed by atoms with Crippen LogP contribution in [-0.4, -0.2) is 59.0 Å². The molecule has 29 heavy (non-hydrogen) atoms. The molecule has 1 amide bonds. The number of pyridine rings is 1. The Bertz CT molecular complexity index is 961. The highest BCUT2D eigenvalue weighted by Crippen LogP contribution is 2.26. The van der Waals surface area contributed by atoms with Gasteiger partial charge in [0.2, 0.25) is 0 Å². The molecular formula is C22H24N4O2S. The van der Waals surface area contributed by atoms with Crippen LogP contribution in [0.5, 0.6) is 5.75 Å². The number of nitrogens with zero attached hydrogens (tertiary/aromatic N) is 4. The lowest BCUT2D eigenvalue weighted by Gasteiger charge is -2.34. The number of thiazole rings is 1. The zero-order valence-corrected chi connectivity index (χ0v) is 17.5. The van der Waals surface area contributed by atoms with Crippen LogP contribution >= 0.6 is 11.3 Å². The summed E-state index contributed by atoms with van der Waals surface area (Å²) >= 11 is 1.66. The van der Waals surface area contributed by atoms with Gasteiger partial charge < -0.3 is 9.64 Å². The minimum absolute atomic E-state index is 0.0626. The third-order valence-electron chi connectivity index (χ3n) is 5.09. The van der Waals surface area contributed by atoms with Crippen LogP contribution in [0.25, 0.3) is 10.6 Å². The number of aromatic nitrogens is 2. The number of carbonyl (C=O) groups is 1. The molecule has 1 saturated heterocycles. The van der Waals surface area contributed by atoms with Crippen molar-refractivity contribution in [2.75, 3.05) is 33.3 Å². The number of piperazine rings is 1. The van der Waals surface area contributed by atoms with E-state index in [1.807, 2.05) is 48.2 Å². The van der Waals surface area contributed by atoms with E-state index in [2.05, 4.69) is 15.3 Å². The van der Waals surface area contributed by atoms with E-state index >= 15 is 0 Å². The van der Waals surface area contributed by atoms with E-state index in [-0.39, 0.29) is 5.91 Å². The molecule has 7 heteroatoms. The fourth-order valence-corrected chi connectivity index (χ4v) is 4.18. The van der Waals surface area contributed by atoms with Crippen LogP contribution in [0.4, 0.5) is 0 Å². The molecule has 0 unspecified atom stereocenters. The molecule has 1 aromatic carbocycles. The van der Waals surface area contributed by atoms with Gasteiger partial charge in [-0.05, 0) is 43.3 Å². The van der Waals surface area contributed by atoms with E-state index in [0.29, 0.717) is 5.56 Å². The normalized spacial score (nSPS) is 14.8. The standard InChI is InChI=1S/C22H24N4O2S/c1-16-3-4-18(13-23-16)22(27)26-11-9-25(10-12-26)14-19-15-29-21(24-19)17-5-7-20(28-2)8-6-17/h3-8,13,15H,9-12,14H2,1-2H3. The maximum absolute atomic E-state index is 12.6. The number of ether oxygens (including phenoxy) is 1. The molecule has 0 atom stereocenters. The van der Waals surface area contributed by atoms with Gasteiger partial charge in [0, 0.05) is 55.6 Å². The molecule has 1 fully saturated rings. The lowest BCUT2D eigenvalue weighted by Crippen LogP contribution is -2.48. The maximum Gasteiger partial charge on any atom is 0.255 e. The van der Waals surface area contributed by atoms with Crippen molar-refractivity contribution >= 4 is 17.2 Å². The first-order chi connectivity index (χ1) is 14.1. The number of hydrogen-bond acceptors (Lipinski definition) is 6. The summed E-state index contributed by atoms with van der Waals surface area (Å²) in [5.74, 6) is 0.909. The molecule has 1 aliphatic heterocycles. The van der Waals surface area contributed by atoms with Crippen LogP contribution in [0.1, 0.15) is 21.7 Å². The second-order valence-corrected chi connectivity index (χ2v) is 7.99. The number of carbonyl (C=O) groups excluding carboxylic acids is 1. The van der Waals surface area contributed by atoms with E-state index in [4.69, 9.17) is 9.72 Å². The van der Waals surface area contributed by atoms with Gasteiger partial charge in [-0.2, -0.15) is 0 Å². The maximum atomic E-state index is 12.6. The van der Waals surface area contributed by atoms with Gasteiger partial charge in [0.25, 0.3) is 5.91 Å². The Kier molecular flexibility index (Phi) is 5.87. The zero-order valence-electron chi connectivity index (χ0n) is 16.7. The molecule has 0 N–H and O–H groups in total. The molecule has 0 bridgehead atoms. The van der Waals surface area contributed by atoms with Crippen LogP contribution in [0.3, 0.4) is 0 Å². The molecule has 1 aliphatic rings. The van der Waals surface area contributed by atoms with E-state index in [1.165, 1.54) is 0 Å². The summed E-state index contributed by atoms with van der Waals surface area (Å²) in [7, 11) is 1.67. The Labute approximate surface area is 174 Å². The van der Waals surface area contributed by atoms with Gasteiger partial charge in [0.15, 0.2) is 0 Å². The van der Waals surface area contributed by atoms with Crippen LogP contribution < -0.4 is 4.74 Å². The van der Waals surface area contributed by atoms with Gasteiger partial charge in [-0.3, -0.25) is 14.7 Å². The van der Waals surface area contributed by atoms with Crippen molar-refractivity contribution in [2.45, 2.75) is 13.5 Å². The van der Waals surface area contributed by atoms with E-state index in [0.717, 1.165) is 60.4 Å². The van der Waals surface area contributed by atoms with Gasteiger partial charge in [-0.1, -0.05) is 0 Å². The van der Waals surface area contributed by atoms with Crippen molar-refractivity contribution in [3.05, 3.63) is 64.9 Å². The van der Waals surface area contributed by atoms with Crippen LogP contribution in [0.15, 0.2) is 48.0 Å². The Morgan fingerprint density at radius 3 is 2.52 bits per heavy atom. The van der Waals surface area contributed by atoms with Crippen molar-refractivity contribution in [1.82, 2.24) is 19.8 Å². The molecule has 0 saturated carbocycles. The van der Waals surface area contributed by atoms with Crippen molar-refractivity contribution in [3.8, 4) is 16.3 Å². The number of benzene rings is 1. The molecule has 0 spiro atoms. The van der Waals surface area contributed by atoms with Gasteiger partial charge in [-0.25, -0.2) is 4.98 Å². The van der Waals surface area contributed by atoms with E-state index in [9.17, 15) is 4.79 Å². The summed E-state index contributed by atoms with van der Waals surface area (Å²) in [5, 5.41) is 3.14. The fraction of sp³-hybridized carbons (Fsp3) is 0.318. The van der Waals surface area contributed by atoms with Crippen LogP contribution in [0, 0.1) is 6.92 Å². The van der Waals surface area contributed by atoms with E-state index < -0.39 is 0 Å². The summed E-state index contributed by atoms with van der Waals surface area (Å²) in [5.41, 5.74) is 3.75. The Hall–Kier alpha value is -2.77. The first-order valence-corrected chi connectivity index (χ1v) is 10.5. The Balaban J connectivity index is 1.32. The number of methoxy groups -OCH3 is 1. The quantitative estimate of drug-likeness (QED) is 0.647. The van der Waals surface area contributed by atoms with Gasteiger partial charge in [0.05, 0.1) is 18.4 Å². The SMILES string of the molecule is COc1ccc(-c2nc(CN3CCN(C(=O)c4ccc(C)nc4)CC3)cs2)cc1. The monoisotopic (exact) mass is 408 g/mol. The van der Waals surface area contributed by atoms with Gasteiger partial charge in [0.1, 0.15) is 10.8 Å². The summed E-state index contributed by atoms with van der Waals surface area (Å²) in [6.45, 7) is 5.87. The Morgan fingerprint density at radius 2 is 1.86 bits per heavy atom. The molecule has 4 rings (SSSR count). The highest BCUT2D eigenvalue weighted by Gasteiger charge is 2.23. The second kappa shape index (κ2) is 8.71. The van der Waals surface area contributed by atoms with Crippen molar-refractivity contribution < 1.29 is 9.53 Å². The molecule has 0 aliphatic carbocycles. The fourth-order valence-electron chi connectivity index (χ4n) is 3.36. The summed E-state index contributed by atoms with van der Waals surface area (Å²) in [6.07, 6.45) is 1.67. The number of amides is 1. The molecular weight excluding hydrogens is 384 g/mol. The average molecular weight is 409 g/mol. The first-order valence-electron chi connectivity index (χ1n) is 9.65. The van der Waals surface area contributed by atoms with Crippen molar-refractivity contribution in [2.24, 2.45) is 0 Å². The Morgan fingerprint density at radius 1 is 1.10 bits per heavy atom. The number of hydrogen-bond donors (Lipinski definition) is 0. The minimum atomic E-state index is 0.0626. The second-order valence-electron chi connectivity index (χ2n) is 7.13. The average Bonchev–Trinajstić information content (AvgIpc) is 3.23. The number of rotatable bonds is 5. The smallest absolute Gasteiger partial charge is 0.255 e. The predicted octanol–water partition coefficient (Wildman–Crippen LogP) is 3.48. The minimum Gasteiger partial charge on any atom is -0.497 e. The molecule has 150 valence electrons. The third-order valence-corrected chi connectivity index (χ3v) is 6.03. The number of aryl methyl sites for hydroxylation is 1. The highest BCUT2D eigenvalue weighted by molar-refractivity contribution is 7.13. The molecule has 6 nitrogen and oxygen atoms in total. The van der Waals surface area contributed by atoms with Crippen molar-refractivity contribution in [1.29, 1.82) is 0 Å². The predicted molar refractivity (Wildman–Crippen MR) is 114 cm³/mol. The largest absolute Gasteiger partial charge is 0.497 e. The van der Waals surface area contributed by atoms with Crippen LogP contribution in [-0.2, 0) is 6.54 Å². The lowest BCUT2D eigenvalue weighted by molar-refractivity contribution is 0.0627. The summed E-state index contributed by atoms with van der Waals surface area (Å²) in [6, 6.07) is 11.7. The van der Waals surface area contributed by atoms with Gasteiger partial charge in [-0.15, -0.1) is 11.3 Å². The third kappa shape index (κ3) is 4.63. The highest BCUT2D eigenvalue weighted by atomic mass is 32.1. The van der Waals surface area contributed by atoms with Gasteiger partial charge >= 0.3 is 0 Å². The molecule has 0 radical (unpaired) electrons. The molecule has 3 aromatic rings. The molecule has 2 aromatic heterocycles. The lowest BCUT2D eigenvalue weighted by atomic mass is 10.2. The summed E-state index contributed by atoms with van der Waals surface area (Å²) in [4.78, 5) is 25.9. The zero-order chi connectivity index (χ0) is 20.2. The topological polar surface area (TPSA) is 58.6 Å². The first kappa shape index (κ1) is 19.5. The summed E-state index contributed by atoms with van der Waals surface area (Å²) < 4.78 is 5.21.